The molecule has 0 aliphatic carbocycles. The van der Waals surface area contributed by atoms with Gasteiger partial charge in [0.05, 0.1) is 0 Å². The van der Waals surface area contributed by atoms with Gasteiger partial charge in [0.25, 0.3) is 0 Å². The molecule has 9 heteroatoms. The fraction of sp³-hybridized carbons (Fsp3) is 0.500. The van der Waals surface area contributed by atoms with E-state index < -0.39 is 0 Å². The van der Waals surface area contributed by atoms with E-state index in [-0.39, 0.29) is 12.5 Å². The largest absolute Gasteiger partial charge is 0.372 e. The standard InChI is InChI=1S/C14H19N7O2/c1-2-23-9-14(22)20-7-5-19(6-8-20)12-3-4-13(18-17-12)21-11-15-10-16-21/h3-4,10-11H,2,5-9H2,1H3. The highest BCUT2D eigenvalue weighted by Gasteiger charge is 2.22. The van der Waals surface area contributed by atoms with E-state index in [1.54, 1.807) is 11.0 Å². The molecule has 1 aliphatic heterocycles. The molecule has 23 heavy (non-hydrogen) atoms. The molecule has 3 heterocycles. The van der Waals surface area contributed by atoms with E-state index in [1.165, 1.54) is 6.33 Å². The van der Waals surface area contributed by atoms with Gasteiger partial charge >= 0.3 is 0 Å². The van der Waals surface area contributed by atoms with Gasteiger partial charge in [-0.3, -0.25) is 4.79 Å². The molecule has 1 amide bonds. The molecule has 1 fully saturated rings. The molecule has 1 aliphatic rings. The maximum absolute atomic E-state index is 11.9. The van der Waals surface area contributed by atoms with Gasteiger partial charge in [-0.05, 0) is 19.1 Å². The number of hydrogen-bond donors (Lipinski definition) is 0. The average Bonchev–Trinajstić information content (AvgIpc) is 3.14. The molecular weight excluding hydrogens is 298 g/mol. The smallest absolute Gasteiger partial charge is 0.248 e. The van der Waals surface area contributed by atoms with Crippen molar-refractivity contribution in [2.45, 2.75) is 6.92 Å². The van der Waals surface area contributed by atoms with Gasteiger partial charge in [0.2, 0.25) is 5.91 Å². The van der Waals surface area contributed by atoms with E-state index >= 15 is 0 Å². The molecule has 0 radical (unpaired) electrons. The second-order valence-corrected chi connectivity index (χ2v) is 5.09. The first-order valence-electron chi connectivity index (χ1n) is 7.57. The van der Waals surface area contributed by atoms with Crippen molar-refractivity contribution in [2.75, 3.05) is 44.3 Å². The minimum atomic E-state index is 0.0408. The molecule has 0 saturated carbocycles. The van der Waals surface area contributed by atoms with Gasteiger partial charge in [-0.15, -0.1) is 10.2 Å². The van der Waals surface area contributed by atoms with Crippen LogP contribution in [0.25, 0.3) is 5.82 Å². The zero-order valence-electron chi connectivity index (χ0n) is 13.0. The second-order valence-electron chi connectivity index (χ2n) is 5.09. The molecule has 0 atom stereocenters. The number of ether oxygens (including phenoxy) is 1. The molecular formula is C14H19N7O2. The summed E-state index contributed by atoms with van der Waals surface area (Å²) in [6.07, 6.45) is 3.03. The zero-order chi connectivity index (χ0) is 16.1. The normalized spacial score (nSPS) is 15.0. The highest BCUT2D eigenvalue weighted by molar-refractivity contribution is 5.77. The van der Waals surface area contributed by atoms with Gasteiger partial charge in [0, 0.05) is 32.8 Å². The first-order valence-corrected chi connectivity index (χ1v) is 7.57. The first-order chi connectivity index (χ1) is 11.3. The molecule has 0 spiro atoms. The molecule has 0 bridgehead atoms. The Hall–Kier alpha value is -2.55. The van der Waals surface area contributed by atoms with Gasteiger partial charge in [0.15, 0.2) is 11.6 Å². The van der Waals surface area contributed by atoms with Crippen molar-refractivity contribution >= 4 is 11.7 Å². The molecule has 0 N–H and O–H groups in total. The van der Waals surface area contributed by atoms with Crippen LogP contribution in [0.3, 0.4) is 0 Å². The van der Waals surface area contributed by atoms with Crippen LogP contribution in [-0.2, 0) is 9.53 Å². The number of carbonyl (C=O) groups excluding carboxylic acids is 1. The van der Waals surface area contributed by atoms with Crippen LogP contribution in [0.15, 0.2) is 24.8 Å². The SMILES string of the molecule is CCOCC(=O)N1CCN(c2ccc(-n3cncn3)nn2)CC1. The highest BCUT2D eigenvalue weighted by Crippen LogP contribution is 2.13. The Morgan fingerprint density at radius 3 is 2.52 bits per heavy atom. The number of amides is 1. The van der Waals surface area contributed by atoms with Crippen molar-refractivity contribution in [3.05, 3.63) is 24.8 Å². The third kappa shape index (κ3) is 3.62. The van der Waals surface area contributed by atoms with Crippen molar-refractivity contribution in [3.63, 3.8) is 0 Å². The molecule has 9 nitrogen and oxygen atoms in total. The predicted octanol–water partition coefficient (Wildman–Crippen LogP) is -0.258. The van der Waals surface area contributed by atoms with Crippen LogP contribution in [-0.4, -0.2) is 75.2 Å². The molecule has 1 saturated heterocycles. The average molecular weight is 317 g/mol. The minimum absolute atomic E-state index is 0.0408. The van der Waals surface area contributed by atoms with Crippen LogP contribution < -0.4 is 4.90 Å². The maximum Gasteiger partial charge on any atom is 0.248 e. The van der Waals surface area contributed by atoms with E-state index in [0.717, 1.165) is 18.9 Å². The summed E-state index contributed by atoms with van der Waals surface area (Å²) in [5.41, 5.74) is 0. The van der Waals surface area contributed by atoms with Crippen LogP contribution in [0.1, 0.15) is 6.92 Å². The number of hydrogen-bond acceptors (Lipinski definition) is 7. The van der Waals surface area contributed by atoms with Gasteiger partial charge in [-0.1, -0.05) is 0 Å². The molecule has 0 aromatic carbocycles. The number of aromatic nitrogens is 5. The lowest BCUT2D eigenvalue weighted by Gasteiger charge is -2.35. The minimum Gasteiger partial charge on any atom is -0.372 e. The van der Waals surface area contributed by atoms with Crippen molar-refractivity contribution in [2.24, 2.45) is 0 Å². The van der Waals surface area contributed by atoms with Gasteiger partial charge in [-0.2, -0.15) is 5.10 Å². The summed E-state index contributed by atoms with van der Waals surface area (Å²) in [4.78, 5) is 19.7. The molecule has 3 rings (SSSR count). The van der Waals surface area contributed by atoms with E-state index in [1.807, 2.05) is 24.0 Å². The van der Waals surface area contributed by atoms with Gasteiger partial charge in [0.1, 0.15) is 19.3 Å². The Morgan fingerprint density at radius 2 is 1.91 bits per heavy atom. The van der Waals surface area contributed by atoms with Crippen LogP contribution in [0, 0.1) is 0 Å². The Kier molecular flexibility index (Phi) is 4.77. The number of rotatable bonds is 5. The zero-order valence-corrected chi connectivity index (χ0v) is 13.0. The molecule has 0 unspecified atom stereocenters. The summed E-state index contributed by atoms with van der Waals surface area (Å²) in [6, 6.07) is 3.76. The fourth-order valence-corrected chi connectivity index (χ4v) is 2.40. The van der Waals surface area contributed by atoms with Crippen LogP contribution in [0.2, 0.25) is 0 Å². The quantitative estimate of drug-likeness (QED) is 0.750. The third-order valence-electron chi connectivity index (χ3n) is 3.68. The lowest BCUT2D eigenvalue weighted by atomic mass is 10.3. The summed E-state index contributed by atoms with van der Waals surface area (Å²) in [6.45, 7) is 5.39. The first kappa shape index (κ1) is 15.3. The van der Waals surface area contributed by atoms with E-state index in [2.05, 4.69) is 25.2 Å². The number of nitrogens with zero attached hydrogens (tertiary/aromatic N) is 7. The number of carbonyl (C=O) groups is 1. The summed E-state index contributed by atoms with van der Waals surface area (Å²) < 4.78 is 6.72. The van der Waals surface area contributed by atoms with Crippen LogP contribution in [0.4, 0.5) is 5.82 Å². The Labute approximate surface area is 133 Å². The van der Waals surface area contributed by atoms with Gasteiger partial charge < -0.3 is 14.5 Å². The lowest BCUT2D eigenvalue weighted by Crippen LogP contribution is -2.50. The summed E-state index contributed by atoms with van der Waals surface area (Å²) in [7, 11) is 0. The monoisotopic (exact) mass is 317 g/mol. The van der Waals surface area contributed by atoms with E-state index in [9.17, 15) is 4.79 Å². The van der Waals surface area contributed by atoms with Crippen molar-refractivity contribution in [3.8, 4) is 5.82 Å². The fourth-order valence-electron chi connectivity index (χ4n) is 2.40. The van der Waals surface area contributed by atoms with Crippen LogP contribution >= 0.6 is 0 Å². The van der Waals surface area contributed by atoms with Gasteiger partial charge in [-0.25, -0.2) is 9.67 Å². The Morgan fingerprint density at radius 1 is 1.17 bits per heavy atom. The van der Waals surface area contributed by atoms with E-state index in [0.29, 0.717) is 25.5 Å². The van der Waals surface area contributed by atoms with E-state index in [4.69, 9.17) is 4.74 Å². The number of piperazine rings is 1. The summed E-state index contributed by atoms with van der Waals surface area (Å²) >= 11 is 0. The summed E-state index contributed by atoms with van der Waals surface area (Å²) in [5.74, 6) is 1.46. The van der Waals surface area contributed by atoms with Crippen molar-refractivity contribution in [1.82, 2.24) is 29.9 Å². The van der Waals surface area contributed by atoms with Crippen molar-refractivity contribution in [1.29, 1.82) is 0 Å². The topological polar surface area (TPSA) is 89.3 Å². The Balaban J connectivity index is 1.56. The Bertz CT molecular complexity index is 621. The predicted molar refractivity (Wildman–Crippen MR) is 82.2 cm³/mol. The maximum atomic E-state index is 11.9. The molecule has 2 aromatic rings. The number of anilines is 1. The highest BCUT2D eigenvalue weighted by atomic mass is 16.5. The van der Waals surface area contributed by atoms with Crippen LogP contribution in [0.5, 0.6) is 0 Å². The van der Waals surface area contributed by atoms with Crippen molar-refractivity contribution < 1.29 is 9.53 Å². The molecule has 122 valence electrons. The third-order valence-corrected chi connectivity index (χ3v) is 3.68. The second kappa shape index (κ2) is 7.14. The summed E-state index contributed by atoms with van der Waals surface area (Å²) in [5, 5.41) is 12.4. The molecule has 2 aromatic heterocycles. The lowest BCUT2D eigenvalue weighted by molar-refractivity contribution is -0.136.